The van der Waals surface area contributed by atoms with Gasteiger partial charge in [0.05, 0.1) is 16.1 Å². The number of allylic oxidation sites excluding steroid dienone is 2. The number of piperidine rings is 1. The van der Waals surface area contributed by atoms with Crippen molar-refractivity contribution in [3.8, 4) is 11.4 Å². The van der Waals surface area contributed by atoms with Crippen molar-refractivity contribution in [2.45, 2.75) is 38.0 Å². The van der Waals surface area contributed by atoms with Crippen molar-refractivity contribution in [3.63, 3.8) is 0 Å². The van der Waals surface area contributed by atoms with Crippen LogP contribution < -0.4 is 4.90 Å². The van der Waals surface area contributed by atoms with E-state index < -0.39 is 5.97 Å². The largest absolute Gasteiger partial charge is 0.477 e. The molecule has 3 aliphatic rings. The molecule has 1 aliphatic heterocycles. The minimum Gasteiger partial charge on any atom is -0.477 e. The van der Waals surface area contributed by atoms with E-state index in [1.165, 1.54) is 5.57 Å². The van der Waals surface area contributed by atoms with Crippen LogP contribution in [0.25, 0.3) is 27.9 Å². The van der Waals surface area contributed by atoms with Crippen molar-refractivity contribution >= 4 is 39.7 Å². The number of hydrogen-bond acceptors (Lipinski definition) is 6. The van der Waals surface area contributed by atoms with E-state index >= 15 is 0 Å². The van der Waals surface area contributed by atoms with Gasteiger partial charge in [-0.2, -0.15) is 0 Å². The maximum absolute atomic E-state index is 11.2. The lowest BCUT2D eigenvalue weighted by atomic mass is 9.63. The second kappa shape index (κ2) is 8.42. The van der Waals surface area contributed by atoms with E-state index in [4.69, 9.17) is 16.1 Å². The highest BCUT2D eigenvalue weighted by Crippen LogP contribution is 2.55. The van der Waals surface area contributed by atoms with Crippen molar-refractivity contribution in [2.75, 3.05) is 18.0 Å². The summed E-state index contributed by atoms with van der Waals surface area (Å²) >= 11 is 6.48. The Morgan fingerprint density at radius 1 is 1.11 bits per heavy atom. The van der Waals surface area contributed by atoms with Gasteiger partial charge in [-0.3, -0.25) is 4.98 Å². The van der Waals surface area contributed by atoms with Gasteiger partial charge in [-0.15, -0.1) is 0 Å². The van der Waals surface area contributed by atoms with Gasteiger partial charge in [-0.05, 0) is 79.5 Å². The van der Waals surface area contributed by atoms with Crippen molar-refractivity contribution in [2.24, 2.45) is 5.41 Å². The standard InChI is InChI=1S/C29H25ClN4O3/c30-21-2-1-11-31-25(21)26-24(27(37-33-26)17-3-4-17)19-15-29(16-19)9-12-34(13-10-29)20-6-8-22-18(14-20)5-7-23(32-22)28(35)36/h1-2,5-8,11,14-15,17H,3-4,9-10,12-13,16H2,(H,35,36). The molecule has 1 aromatic carbocycles. The third-order valence-electron chi connectivity index (χ3n) is 8.01. The van der Waals surface area contributed by atoms with E-state index in [2.05, 4.69) is 32.2 Å². The van der Waals surface area contributed by atoms with E-state index in [1.54, 1.807) is 12.3 Å². The molecule has 2 aliphatic carbocycles. The summed E-state index contributed by atoms with van der Waals surface area (Å²) < 4.78 is 5.86. The van der Waals surface area contributed by atoms with E-state index in [9.17, 15) is 9.90 Å². The summed E-state index contributed by atoms with van der Waals surface area (Å²) in [5.41, 5.74) is 5.99. The molecule has 0 amide bonds. The summed E-state index contributed by atoms with van der Waals surface area (Å²) in [5.74, 6) is 0.434. The highest BCUT2D eigenvalue weighted by Gasteiger charge is 2.44. The number of carboxylic acids is 1. The monoisotopic (exact) mass is 512 g/mol. The van der Waals surface area contributed by atoms with E-state index in [0.29, 0.717) is 22.2 Å². The van der Waals surface area contributed by atoms with Gasteiger partial charge in [0.25, 0.3) is 0 Å². The normalized spacial score (nSPS) is 18.6. The topological polar surface area (TPSA) is 92.3 Å². The number of aromatic nitrogens is 3. The van der Waals surface area contributed by atoms with Crippen molar-refractivity contribution < 1.29 is 14.4 Å². The Kier molecular flexibility index (Phi) is 5.11. The van der Waals surface area contributed by atoms with E-state index in [1.807, 2.05) is 30.3 Å². The lowest BCUT2D eigenvalue weighted by Gasteiger charge is -2.47. The number of pyridine rings is 2. The second-order valence-electron chi connectivity index (χ2n) is 10.5. The molecule has 0 bridgehead atoms. The van der Waals surface area contributed by atoms with Gasteiger partial charge >= 0.3 is 5.97 Å². The van der Waals surface area contributed by atoms with Gasteiger partial charge in [0, 0.05) is 36.3 Å². The fourth-order valence-corrected chi connectivity index (χ4v) is 6.01. The fraction of sp³-hybridized carbons (Fsp3) is 0.310. The maximum Gasteiger partial charge on any atom is 0.354 e. The predicted octanol–water partition coefficient (Wildman–Crippen LogP) is 6.59. The zero-order valence-corrected chi connectivity index (χ0v) is 20.9. The predicted molar refractivity (Wildman–Crippen MR) is 142 cm³/mol. The number of anilines is 1. The molecule has 186 valence electrons. The summed E-state index contributed by atoms with van der Waals surface area (Å²) in [7, 11) is 0. The Hall–Kier alpha value is -3.71. The number of halogens is 1. The minimum absolute atomic E-state index is 0.0684. The fourth-order valence-electron chi connectivity index (χ4n) is 5.80. The first-order valence-electron chi connectivity index (χ1n) is 12.7. The van der Waals surface area contributed by atoms with Crippen LogP contribution in [0.4, 0.5) is 5.69 Å². The maximum atomic E-state index is 11.2. The molecule has 0 atom stereocenters. The van der Waals surface area contributed by atoms with Crippen LogP contribution in [0, 0.1) is 5.41 Å². The van der Waals surface area contributed by atoms with Crippen LogP contribution in [-0.4, -0.2) is 39.3 Å². The van der Waals surface area contributed by atoms with Crippen LogP contribution in [0.3, 0.4) is 0 Å². The lowest BCUT2D eigenvalue weighted by molar-refractivity contribution is 0.0691. The molecule has 4 heterocycles. The number of nitrogens with zero attached hydrogens (tertiary/aromatic N) is 4. The molecule has 2 fully saturated rings. The van der Waals surface area contributed by atoms with Gasteiger partial charge < -0.3 is 14.5 Å². The molecule has 37 heavy (non-hydrogen) atoms. The molecule has 3 aromatic heterocycles. The SMILES string of the molecule is O=C(O)c1ccc2cc(N3CCC4(C=C(c5c(-c6ncccc6Cl)noc5C5CC5)C4)CC3)ccc2n1. The molecule has 1 spiro atoms. The molecule has 4 aromatic rings. The Bertz CT molecular complexity index is 1580. The Balaban J connectivity index is 1.12. The first kappa shape index (κ1) is 22.5. The molecular weight excluding hydrogens is 488 g/mol. The summed E-state index contributed by atoms with van der Waals surface area (Å²) in [6.45, 7) is 1.93. The number of carbonyl (C=O) groups is 1. The number of carboxylic acid groups (broad SMARTS) is 1. The zero-order chi connectivity index (χ0) is 25.1. The van der Waals surface area contributed by atoms with Gasteiger partial charge in [0.15, 0.2) is 0 Å². The number of fused-ring (bicyclic) bond motifs is 1. The summed E-state index contributed by atoms with van der Waals surface area (Å²) in [5, 5.41) is 15.2. The molecule has 0 radical (unpaired) electrons. The van der Waals surface area contributed by atoms with Crippen LogP contribution in [0.15, 0.2) is 59.3 Å². The average molecular weight is 513 g/mol. The van der Waals surface area contributed by atoms with Crippen LogP contribution >= 0.6 is 11.6 Å². The van der Waals surface area contributed by atoms with Crippen molar-refractivity contribution in [3.05, 3.63) is 76.8 Å². The molecule has 8 heteroatoms. The van der Waals surface area contributed by atoms with Crippen LogP contribution in [0.1, 0.15) is 59.8 Å². The Labute approximate surface area is 218 Å². The molecular formula is C29H25ClN4O3. The third kappa shape index (κ3) is 3.89. The average Bonchev–Trinajstić information content (AvgIpc) is 3.65. The summed E-state index contributed by atoms with van der Waals surface area (Å²) in [6, 6.07) is 13.1. The highest BCUT2D eigenvalue weighted by atomic mass is 35.5. The highest BCUT2D eigenvalue weighted by molar-refractivity contribution is 6.33. The quantitative estimate of drug-likeness (QED) is 0.322. The second-order valence-corrected chi connectivity index (χ2v) is 10.9. The van der Waals surface area contributed by atoms with Crippen LogP contribution in [0.2, 0.25) is 5.02 Å². The number of aromatic carboxylic acids is 1. The minimum atomic E-state index is -1.01. The third-order valence-corrected chi connectivity index (χ3v) is 8.31. The lowest BCUT2D eigenvalue weighted by Crippen LogP contribution is -2.42. The van der Waals surface area contributed by atoms with Gasteiger partial charge in [0.1, 0.15) is 22.8 Å². The zero-order valence-electron chi connectivity index (χ0n) is 20.2. The first-order chi connectivity index (χ1) is 18.0. The van der Waals surface area contributed by atoms with E-state index in [0.717, 1.165) is 73.3 Å². The summed E-state index contributed by atoms with van der Waals surface area (Å²) in [4.78, 5) is 22.4. The van der Waals surface area contributed by atoms with Crippen molar-refractivity contribution in [1.82, 2.24) is 15.1 Å². The Morgan fingerprint density at radius 3 is 2.65 bits per heavy atom. The molecule has 1 saturated heterocycles. The van der Waals surface area contributed by atoms with Gasteiger partial charge in [0.2, 0.25) is 0 Å². The molecule has 7 rings (SSSR count). The van der Waals surface area contributed by atoms with Gasteiger partial charge in [-0.1, -0.05) is 28.9 Å². The molecule has 1 N–H and O–H groups in total. The number of rotatable bonds is 5. The number of benzene rings is 1. The van der Waals surface area contributed by atoms with E-state index in [-0.39, 0.29) is 11.1 Å². The molecule has 7 nitrogen and oxygen atoms in total. The van der Waals surface area contributed by atoms with Gasteiger partial charge in [-0.25, -0.2) is 9.78 Å². The first-order valence-corrected chi connectivity index (χ1v) is 13.1. The van der Waals surface area contributed by atoms with Crippen LogP contribution in [0.5, 0.6) is 0 Å². The Morgan fingerprint density at radius 2 is 1.92 bits per heavy atom. The van der Waals surface area contributed by atoms with Crippen LogP contribution in [-0.2, 0) is 0 Å². The smallest absolute Gasteiger partial charge is 0.354 e. The van der Waals surface area contributed by atoms with Crippen molar-refractivity contribution in [1.29, 1.82) is 0 Å². The molecule has 1 saturated carbocycles. The summed E-state index contributed by atoms with van der Waals surface area (Å²) in [6.07, 6.45) is 9.65. The number of hydrogen-bond donors (Lipinski definition) is 1. The molecule has 0 unspecified atom stereocenters.